The number of alkyl halides is 3. The van der Waals surface area contributed by atoms with E-state index < -0.39 is 17.1 Å². The number of halogens is 3. The fraction of sp³-hybridized carbons (Fsp3) is 0.607. The number of rotatable bonds is 7. The lowest BCUT2D eigenvalue weighted by Crippen LogP contribution is -2.54. The Morgan fingerprint density at radius 2 is 1.80 bits per heavy atom. The monoisotopic (exact) mass is 625 g/mol. The van der Waals surface area contributed by atoms with E-state index in [1.807, 2.05) is 18.1 Å². The molecular weight excluding hydrogens is 587 g/mol. The molecule has 242 valence electrons. The Balaban J connectivity index is 0.000000566. The molecule has 1 amide bonds. The number of piperidine rings is 1. The summed E-state index contributed by atoms with van der Waals surface area (Å²) in [5.41, 5.74) is 2.53. The maximum absolute atomic E-state index is 12.7. The number of nitrogens with zero attached hydrogens (tertiary/aromatic N) is 6. The van der Waals surface area contributed by atoms with Crippen LogP contribution in [0.3, 0.4) is 0 Å². The third kappa shape index (κ3) is 8.16. The second kappa shape index (κ2) is 14.2. The standard InChI is InChI=1S/C26H37N7O4.C2HF3O2/c1-29-18-20(17-28-29)22-14-24(33(35)36)25(37-2)15-23(22)31-7-4-21(5-8-31)30-9-11-32(12-10-30)26(34)13-19-3-6-27-16-19;3-2(4,5)1(6)7/h14-15,17-19,21,27H,3-13,16H2,1-2H3;(H,6,7). The molecule has 1 unspecified atom stereocenters. The van der Waals surface area contributed by atoms with Crippen molar-refractivity contribution in [3.05, 3.63) is 34.6 Å². The number of carboxylic acid groups (broad SMARTS) is 1. The van der Waals surface area contributed by atoms with E-state index in [-0.39, 0.29) is 11.4 Å². The predicted molar refractivity (Wildman–Crippen MR) is 155 cm³/mol. The Kier molecular flexibility index (Phi) is 10.7. The van der Waals surface area contributed by atoms with Gasteiger partial charge in [0, 0.05) is 93.9 Å². The molecule has 44 heavy (non-hydrogen) atoms. The minimum atomic E-state index is -5.08. The van der Waals surface area contributed by atoms with Crippen molar-refractivity contribution >= 4 is 23.3 Å². The van der Waals surface area contributed by atoms with Crippen LogP contribution in [0.4, 0.5) is 24.5 Å². The van der Waals surface area contributed by atoms with Gasteiger partial charge in [0.25, 0.3) is 0 Å². The number of aryl methyl sites for hydroxylation is 1. The molecule has 1 atom stereocenters. The van der Waals surface area contributed by atoms with E-state index in [4.69, 9.17) is 14.6 Å². The van der Waals surface area contributed by atoms with Crippen LogP contribution in [-0.4, -0.2) is 113 Å². The number of carbonyl (C=O) groups is 2. The third-order valence-electron chi connectivity index (χ3n) is 8.37. The Morgan fingerprint density at radius 3 is 2.30 bits per heavy atom. The van der Waals surface area contributed by atoms with Gasteiger partial charge in [-0.1, -0.05) is 0 Å². The number of nitro groups is 1. The number of carbonyl (C=O) groups excluding carboxylic acids is 1. The molecule has 13 nitrogen and oxygen atoms in total. The number of nitro benzene ring substituents is 1. The van der Waals surface area contributed by atoms with E-state index in [9.17, 15) is 28.1 Å². The zero-order valence-corrected chi connectivity index (χ0v) is 24.8. The van der Waals surface area contributed by atoms with Crippen molar-refractivity contribution in [2.24, 2.45) is 13.0 Å². The van der Waals surface area contributed by atoms with Crippen LogP contribution in [0.15, 0.2) is 24.5 Å². The van der Waals surface area contributed by atoms with Gasteiger partial charge in [0.15, 0.2) is 5.75 Å². The number of hydrogen-bond acceptors (Lipinski definition) is 9. The fourth-order valence-corrected chi connectivity index (χ4v) is 5.99. The number of methoxy groups -OCH3 is 1. The number of hydrogen-bond donors (Lipinski definition) is 2. The van der Waals surface area contributed by atoms with Gasteiger partial charge in [-0.3, -0.25) is 24.5 Å². The number of piperazine rings is 1. The zero-order chi connectivity index (χ0) is 32.0. The highest BCUT2D eigenvalue weighted by Crippen LogP contribution is 2.41. The Labute approximate surface area is 252 Å². The van der Waals surface area contributed by atoms with Gasteiger partial charge in [-0.2, -0.15) is 18.3 Å². The van der Waals surface area contributed by atoms with Gasteiger partial charge in [-0.15, -0.1) is 0 Å². The maximum Gasteiger partial charge on any atom is 0.490 e. The summed E-state index contributed by atoms with van der Waals surface area (Å²) in [7, 11) is 3.31. The number of ether oxygens (including phenoxy) is 1. The van der Waals surface area contributed by atoms with E-state index in [0.29, 0.717) is 24.3 Å². The molecule has 0 aliphatic carbocycles. The van der Waals surface area contributed by atoms with Crippen LogP contribution in [0, 0.1) is 16.0 Å². The van der Waals surface area contributed by atoms with Crippen molar-refractivity contribution in [2.75, 3.05) is 64.4 Å². The zero-order valence-electron chi connectivity index (χ0n) is 24.8. The molecule has 5 rings (SSSR count). The van der Waals surface area contributed by atoms with Crippen LogP contribution < -0.4 is 15.0 Å². The van der Waals surface area contributed by atoms with E-state index >= 15 is 0 Å². The molecule has 1 aromatic heterocycles. The van der Waals surface area contributed by atoms with Gasteiger partial charge in [0.1, 0.15) is 0 Å². The molecule has 0 bridgehead atoms. The molecule has 2 N–H and O–H groups in total. The summed E-state index contributed by atoms with van der Waals surface area (Å²) < 4.78 is 38.8. The normalized spacial score (nSPS) is 19.8. The SMILES string of the molecule is COc1cc(N2CCC(N3CCN(C(=O)CC4CCNC4)CC3)CC2)c(-c2cnn(C)c2)cc1[N+](=O)[O-].O=C(O)C(F)(F)F. The Bertz CT molecular complexity index is 1320. The first-order chi connectivity index (χ1) is 20.9. The number of nitrogens with one attached hydrogen (secondary N) is 1. The molecule has 3 aliphatic heterocycles. The summed E-state index contributed by atoms with van der Waals surface area (Å²) in [4.78, 5) is 39.8. The molecule has 2 aromatic rings. The molecule has 0 spiro atoms. The Hall–Kier alpha value is -3.92. The average molecular weight is 626 g/mol. The summed E-state index contributed by atoms with van der Waals surface area (Å²) in [6.45, 7) is 7.17. The first kappa shape index (κ1) is 33.0. The lowest BCUT2D eigenvalue weighted by atomic mass is 9.98. The van der Waals surface area contributed by atoms with Crippen molar-refractivity contribution in [1.29, 1.82) is 0 Å². The molecule has 4 heterocycles. The lowest BCUT2D eigenvalue weighted by Gasteiger charge is -2.43. The summed E-state index contributed by atoms with van der Waals surface area (Å²) in [6.07, 6.45) is 2.33. The minimum absolute atomic E-state index is 0.0448. The largest absolute Gasteiger partial charge is 0.490 e. The van der Waals surface area contributed by atoms with Crippen molar-refractivity contribution < 1.29 is 37.5 Å². The van der Waals surface area contributed by atoms with Gasteiger partial charge in [-0.05, 0) is 38.3 Å². The van der Waals surface area contributed by atoms with Crippen molar-refractivity contribution in [1.82, 2.24) is 24.9 Å². The van der Waals surface area contributed by atoms with Gasteiger partial charge in [0.05, 0.1) is 18.2 Å². The van der Waals surface area contributed by atoms with Gasteiger partial charge >= 0.3 is 17.8 Å². The van der Waals surface area contributed by atoms with E-state index in [1.54, 1.807) is 23.0 Å². The maximum atomic E-state index is 12.7. The topological polar surface area (TPSA) is 146 Å². The van der Waals surface area contributed by atoms with Gasteiger partial charge in [-0.25, -0.2) is 4.79 Å². The van der Waals surface area contributed by atoms with Gasteiger partial charge in [0.2, 0.25) is 5.91 Å². The number of amides is 1. The van der Waals surface area contributed by atoms with Crippen LogP contribution in [-0.2, 0) is 16.6 Å². The number of benzene rings is 1. The second-order valence-corrected chi connectivity index (χ2v) is 11.2. The number of aromatic nitrogens is 2. The molecule has 0 saturated carbocycles. The highest BCUT2D eigenvalue weighted by atomic mass is 19.4. The molecule has 3 aliphatic rings. The van der Waals surface area contributed by atoms with Crippen LogP contribution in [0.5, 0.6) is 5.75 Å². The van der Waals surface area contributed by atoms with Crippen LogP contribution >= 0.6 is 0 Å². The van der Waals surface area contributed by atoms with Crippen LogP contribution in [0.2, 0.25) is 0 Å². The first-order valence-electron chi connectivity index (χ1n) is 14.5. The summed E-state index contributed by atoms with van der Waals surface area (Å²) in [5.74, 6) is -1.70. The smallest absolute Gasteiger partial charge is 0.490 e. The van der Waals surface area contributed by atoms with Crippen molar-refractivity contribution in [3.63, 3.8) is 0 Å². The third-order valence-corrected chi connectivity index (χ3v) is 8.37. The van der Waals surface area contributed by atoms with Gasteiger partial charge < -0.3 is 25.0 Å². The highest BCUT2D eigenvalue weighted by molar-refractivity contribution is 5.82. The number of anilines is 1. The number of aliphatic carboxylic acids is 1. The Morgan fingerprint density at radius 1 is 1.14 bits per heavy atom. The van der Waals surface area contributed by atoms with E-state index in [0.717, 1.165) is 88.4 Å². The summed E-state index contributed by atoms with van der Waals surface area (Å²) >= 11 is 0. The minimum Gasteiger partial charge on any atom is -0.490 e. The van der Waals surface area contributed by atoms with Crippen molar-refractivity contribution in [3.8, 4) is 16.9 Å². The quantitative estimate of drug-likeness (QED) is 0.348. The fourth-order valence-electron chi connectivity index (χ4n) is 5.99. The molecule has 16 heteroatoms. The van der Waals surface area contributed by atoms with Crippen molar-refractivity contribution in [2.45, 2.75) is 37.9 Å². The highest BCUT2D eigenvalue weighted by Gasteiger charge is 2.38. The number of carboxylic acids is 1. The average Bonchev–Trinajstić information content (AvgIpc) is 3.68. The molecule has 3 saturated heterocycles. The molecule has 0 radical (unpaired) electrons. The van der Waals surface area contributed by atoms with Crippen LogP contribution in [0.1, 0.15) is 25.7 Å². The lowest BCUT2D eigenvalue weighted by molar-refractivity contribution is -0.385. The second-order valence-electron chi connectivity index (χ2n) is 11.2. The molecule has 1 aromatic carbocycles. The van der Waals surface area contributed by atoms with E-state index in [1.165, 1.54) is 7.11 Å². The summed E-state index contributed by atoms with van der Waals surface area (Å²) in [5, 5.41) is 26.4. The molecular formula is C28H38F3N7O6. The van der Waals surface area contributed by atoms with E-state index in [2.05, 4.69) is 20.2 Å². The predicted octanol–water partition coefficient (Wildman–Crippen LogP) is 2.75. The molecule has 3 fully saturated rings. The van der Waals surface area contributed by atoms with Crippen LogP contribution in [0.25, 0.3) is 11.1 Å². The first-order valence-corrected chi connectivity index (χ1v) is 14.5. The summed E-state index contributed by atoms with van der Waals surface area (Å²) in [6, 6.07) is 3.88.